The summed E-state index contributed by atoms with van der Waals surface area (Å²) < 4.78 is 4.85. The lowest BCUT2D eigenvalue weighted by atomic mass is 9.78. The lowest BCUT2D eigenvalue weighted by Crippen LogP contribution is -2.49. The second kappa shape index (κ2) is 5.70. The molecular weight excluding hydrogens is 222 g/mol. The monoisotopic (exact) mass is 241 g/mol. The molecule has 0 aromatic heterocycles. The number of carbonyl (C=O) groups excluding carboxylic acids is 1. The van der Waals surface area contributed by atoms with E-state index in [-0.39, 0.29) is 18.1 Å². The zero-order chi connectivity index (χ0) is 12.9. The molecule has 5 nitrogen and oxygen atoms in total. The van der Waals surface area contributed by atoms with Crippen LogP contribution in [0.1, 0.15) is 32.6 Å². The van der Waals surface area contributed by atoms with Crippen LogP contribution >= 0.6 is 0 Å². The van der Waals surface area contributed by atoms with Crippen molar-refractivity contribution in [3.63, 3.8) is 0 Å². The van der Waals surface area contributed by atoms with Crippen LogP contribution in [0, 0.1) is 5.92 Å². The molecule has 1 rings (SSSR count). The molecule has 0 atom stereocenters. The maximum atomic E-state index is 11.4. The Bertz CT molecular complexity index is 306. The molecule has 17 heavy (non-hydrogen) atoms. The minimum absolute atomic E-state index is 0.180. The van der Waals surface area contributed by atoms with Crippen LogP contribution in [0.5, 0.6) is 0 Å². The van der Waals surface area contributed by atoms with Crippen LogP contribution in [0.2, 0.25) is 0 Å². The SMILES string of the molecule is C=CCOC(=O)NC1(C)CCC(C(=O)O)CC1. The van der Waals surface area contributed by atoms with Crippen molar-refractivity contribution in [1.29, 1.82) is 0 Å². The predicted octanol–water partition coefficient (Wildman–Crippen LogP) is 1.93. The molecule has 0 spiro atoms. The van der Waals surface area contributed by atoms with Crippen molar-refractivity contribution in [2.45, 2.75) is 38.1 Å². The first-order chi connectivity index (χ1) is 7.97. The van der Waals surface area contributed by atoms with E-state index in [4.69, 9.17) is 9.84 Å². The molecule has 96 valence electrons. The molecule has 0 aliphatic heterocycles. The number of rotatable bonds is 4. The van der Waals surface area contributed by atoms with Gasteiger partial charge in [-0.15, -0.1) is 0 Å². The summed E-state index contributed by atoms with van der Waals surface area (Å²) in [4.78, 5) is 22.2. The molecular formula is C12H19NO4. The van der Waals surface area contributed by atoms with Crippen LogP contribution in [0.15, 0.2) is 12.7 Å². The summed E-state index contributed by atoms with van der Waals surface area (Å²) in [5.41, 5.74) is -0.357. The van der Waals surface area contributed by atoms with Gasteiger partial charge in [-0.3, -0.25) is 4.79 Å². The Hall–Kier alpha value is -1.52. The maximum Gasteiger partial charge on any atom is 0.407 e. The van der Waals surface area contributed by atoms with E-state index in [1.165, 1.54) is 6.08 Å². The molecule has 1 fully saturated rings. The zero-order valence-corrected chi connectivity index (χ0v) is 10.1. The van der Waals surface area contributed by atoms with Crippen LogP contribution in [-0.2, 0) is 9.53 Å². The molecule has 1 aliphatic rings. The molecule has 1 saturated carbocycles. The van der Waals surface area contributed by atoms with Crippen molar-refractivity contribution in [3.8, 4) is 0 Å². The fraction of sp³-hybridized carbons (Fsp3) is 0.667. The van der Waals surface area contributed by atoms with E-state index in [2.05, 4.69) is 11.9 Å². The molecule has 1 amide bonds. The fourth-order valence-electron chi connectivity index (χ4n) is 2.04. The molecule has 0 aromatic carbocycles. The lowest BCUT2D eigenvalue weighted by Gasteiger charge is -2.36. The number of carbonyl (C=O) groups is 2. The number of nitrogens with one attached hydrogen (secondary N) is 1. The summed E-state index contributed by atoms with van der Waals surface area (Å²) in [6, 6.07) is 0. The van der Waals surface area contributed by atoms with Gasteiger partial charge in [0.1, 0.15) is 6.61 Å². The highest BCUT2D eigenvalue weighted by molar-refractivity contribution is 5.70. The Morgan fingerprint density at radius 2 is 2.12 bits per heavy atom. The molecule has 1 aliphatic carbocycles. The van der Waals surface area contributed by atoms with Gasteiger partial charge in [0.05, 0.1) is 5.92 Å². The molecule has 0 unspecified atom stereocenters. The quantitative estimate of drug-likeness (QED) is 0.737. The smallest absolute Gasteiger partial charge is 0.407 e. The molecule has 0 radical (unpaired) electrons. The van der Waals surface area contributed by atoms with E-state index in [9.17, 15) is 9.59 Å². The number of aliphatic carboxylic acids is 1. The number of hydrogen-bond donors (Lipinski definition) is 2. The average molecular weight is 241 g/mol. The average Bonchev–Trinajstić information content (AvgIpc) is 2.26. The van der Waals surface area contributed by atoms with Crippen molar-refractivity contribution >= 4 is 12.1 Å². The summed E-state index contributed by atoms with van der Waals surface area (Å²) in [7, 11) is 0. The highest BCUT2D eigenvalue weighted by atomic mass is 16.5. The molecule has 0 aromatic rings. The van der Waals surface area contributed by atoms with Crippen molar-refractivity contribution in [2.24, 2.45) is 5.92 Å². The van der Waals surface area contributed by atoms with E-state index >= 15 is 0 Å². The summed E-state index contributed by atoms with van der Waals surface area (Å²) in [6.45, 7) is 5.55. The summed E-state index contributed by atoms with van der Waals surface area (Å²) in [5, 5.41) is 11.7. The molecule has 2 N–H and O–H groups in total. The number of hydrogen-bond acceptors (Lipinski definition) is 3. The molecule has 0 saturated heterocycles. The van der Waals surface area contributed by atoms with Gasteiger partial charge in [0.2, 0.25) is 0 Å². The minimum atomic E-state index is -0.749. The van der Waals surface area contributed by atoms with Gasteiger partial charge in [-0.2, -0.15) is 0 Å². The Morgan fingerprint density at radius 1 is 1.53 bits per heavy atom. The van der Waals surface area contributed by atoms with Gasteiger partial charge in [-0.1, -0.05) is 12.7 Å². The van der Waals surface area contributed by atoms with Gasteiger partial charge in [0.15, 0.2) is 0 Å². The normalized spacial score (nSPS) is 28.2. The highest BCUT2D eigenvalue weighted by Gasteiger charge is 2.35. The van der Waals surface area contributed by atoms with Gasteiger partial charge in [0, 0.05) is 5.54 Å². The van der Waals surface area contributed by atoms with Crippen molar-refractivity contribution in [1.82, 2.24) is 5.32 Å². The second-order valence-electron chi connectivity index (χ2n) is 4.69. The standard InChI is InChI=1S/C12H19NO4/c1-3-8-17-11(16)13-12(2)6-4-9(5-7-12)10(14)15/h3,9H,1,4-8H2,2H3,(H,13,16)(H,14,15). The second-order valence-corrected chi connectivity index (χ2v) is 4.69. The number of ether oxygens (including phenoxy) is 1. The topological polar surface area (TPSA) is 75.6 Å². The number of carboxylic acid groups (broad SMARTS) is 1. The summed E-state index contributed by atoms with van der Waals surface area (Å²) in [5.74, 6) is -1.03. The number of amides is 1. The van der Waals surface area contributed by atoms with E-state index in [0.717, 1.165) is 0 Å². The van der Waals surface area contributed by atoms with Crippen LogP contribution in [0.4, 0.5) is 4.79 Å². The summed E-state index contributed by atoms with van der Waals surface area (Å²) in [6.07, 6.45) is 3.53. The van der Waals surface area contributed by atoms with Gasteiger partial charge < -0.3 is 15.2 Å². The van der Waals surface area contributed by atoms with E-state index in [1.807, 2.05) is 6.92 Å². The third kappa shape index (κ3) is 4.09. The van der Waals surface area contributed by atoms with Gasteiger partial charge >= 0.3 is 12.1 Å². The highest BCUT2D eigenvalue weighted by Crippen LogP contribution is 2.31. The van der Waals surface area contributed by atoms with Crippen molar-refractivity contribution in [2.75, 3.05) is 6.61 Å². The summed E-state index contributed by atoms with van der Waals surface area (Å²) >= 11 is 0. The Balaban J connectivity index is 2.41. The van der Waals surface area contributed by atoms with Crippen molar-refractivity contribution < 1.29 is 19.4 Å². The van der Waals surface area contributed by atoms with E-state index < -0.39 is 12.1 Å². The Labute approximate surface area is 101 Å². The van der Waals surface area contributed by atoms with Crippen LogP contribution in [0.3, 0.4) is 0 Å². The fourth-order valence-corrected chi connectivity index (χ4v) is 2.04. The van der Waals surface area contributed by atoms with E-state index in [0.29, 0.717) is 25.7 Å². The van der Waals surface area contributed by atoms with Gasteiger partial charge in [-0.05, 0) is 32.6 Å². The number of alkyl carbamates (subject to hydrolysis) is 1. The predicted molar refractivity (Wildman–Crippen MR) is 62.7 cm³/mol. The molecule has 5 heteroatoms. The molecule has 0 bridgehead atoms. The minimum Gasteiger partial charge on any atom is -0.481 e. The Morgan fingerprint density at radius 3 is 2.59 bits per heavy atom. The third-order valence-electron chi connectivity index (χ3n) is 3.17. The number of carboxylic acids is 1. The first-order valence-electron chi connectivity index (χ1n) is 5.75. The maximum absolute atomic E-state index is 11.4. The van der Waals surface area contributed by atoms with Gasteiger partial charge in [-0.25, -0.2) is 4.79 Å². The van der Waals surface area contributed by atoms with Gasteiger partial charge in [0.25, 0.3) is 0 Å². The zero-order valence-electron chi connectivity index (χ0n) is 10.1. The van der Waals surface area contributed by atoms with Crippen LogP contribution < -0.4 is 5.32 Å². The Kier molecular flexibility index (Phi) is 4.54. The van der Waals surface area contributed by atoms with Crippen molar-refractivity contribution in [3.05, 3.63) is 12.7 Å². The van der Waals surface area contributed by atoms with Crippen LogP contribution in [-0.4, -0.2) is 29.3 Å². The first-order valence-corrected chi connectivity index (χ1v) is 5.75. The molecule has 0 heterocycles. The van der Waals surface area contributed by atoms with E-state index in [1.54, 1.807) is 0 Å². The first kappa shape index (κ1) is 13.5. The van der Waals surface area contributed by atoms with Crippen LogP contribution in [0.25, 0.3) is 0 Å². The third-order valence-corrected chi connectivity index (χ3v) is 3.17. The lowest BCUT2D eigenvalue weighted by molar-refractivity contribution is -0.143. The largest absolute Gasteiger partial charge is 0.481 e.